The third-order valence-electron chi connectivity index (χ3n) is 7.72. The van der Waals surface area contributed by atoms with Crippen molar-refractivity contribution >= 4 is 29.1 Å². The minimum atomic E-state index is -2.54. The van der Waals surface area contributed by atoms with E-state index in [1.807, 2.05) is 6.07 Å². The zero-order chi connectivity index (χ0) is 26.8. The standard InChI is InChI=1S/C27H23ClN2O7/c1-11-3-5-15(16-10-14(28)4-6-19(16)37-2)17-8-12-7-13-9-18(31)22(26(29)34)25(33)27(13,35)24(30-36)21(12)23(32)20(11)17/h3-6,10,12-13,31,35H,7-9H2,1-2H3,(H2,29,34)/t12-,13+,27+/m1/s1. The number of ketones is 2. The van der Waals surface area contributed by atoms with Gasteiger partial charge in [0.2, 0.25) is 5.78 Å². The zero-order valence-electron chi connectivity index (χ0n) is 20.0. The highest BCUT2D eigenvalue weighted by molar-refractivity contribution is 6.31. The van der Waals surface area contributed by atoms with E-state index in [4.69, 9.17) is 22.1 Å². The van der Waals surface area contributed by atoms with Crippen LogP contribution < -0.4 is 10.5 Å². The van der Waals surface area contributed by atoms with Crippen LogP contribution in [0.25, 0.3) is 11.1 Å². The van der Waals surface area contributed by atoms with Crippen LogP contribution in [-0.2, 0) is 16.0 Å². The number of nitrogens with zero attached hydrogens (tertiary/aromatic N) is 1. The van der Waals surface area contributed by atoms with Crippen LogP contribution in [0.15, 0.2) is 58.1 Å². The summed E-state index contributed by atoms with van der Waals surface area (Å²) in [5, 5.41) is 25.4. The molecule has 3 aliphatic carbocycles. The summed E-state index contributed by atoms with van der Waals surface area (Å²) in [5.41, 5.74) is 4.37. The Balaban J connectivity index is 1.74. The second-order valence-electron chi connectivity index (χ2n) is 9.63. The Morgan fingerprint density at radius 3 is 2.57 bits per heavy atom. The molecule has 2 aromatic carbocycles. The van der Waals surface area contributed by atoms with Crippen molar-refractivity contribution < 1.29 is 29.3 Å². The molecule has 190 valence electrons. The monoisotopic (exact) mass is 522 g/mol. The summed E-state index contributed by atoms with van der Waals surface area (Å²) in [6.45, 7) is 1.75. The van der Waals surface area contributed by atoms with Crippen molar-refractivity contribution in [1.82, 2.24) is 0 Å². The van der Waals surface area contributed by atoms with Gasteiger partial charge in [0.1, 0.15) is 22.8 Å². The number of methoxy groups -OCH3 is 1. The number of hydrogen-bond acceptors (Lipinski definition) is 8. The third kappa shape index (κ3) is 3.45. The summed E-state index contributed by atoms with van der Waals surface area (Å²) in [4.78, 5) is 51.1. The maximum atomic E-state index is 14.0. The average molecular weight is 523 g/mol. The fourth-order valence-corrected chi connectivity index (χ4v) is 6.25. The number of nitrogens with two attached hydrogens (primary N) is 1. The number of fused-ring (bicyclic) bond motifs is 3. The molecule has 0 aliphatic heterocycles. The maximum Gasteiger partial charge on any atom is 0.255 e. The lowest BCUT2D eigenvalue weighted by Gasteiger charge is -2.45. The van der Waals surface area contributed by atoms with Gasteiger partial charge in [-0.3, -0.25) is 14.4 Å². The molecular formula is C27H23ClN2O7. The van der Waals surface area contributed by atoms with Gasteiger partial charge in [-0.05, 0) is 65.7 Å². The normalized spacial score (nSPS) is 24.9. The predicted octanol–water partition coefficient (Wildman–Crippen LogP) is 3.72. The molecule has 0 saturated carbocycles. The minimum Gasteiger partial charge on any atom is -0.511 e. The molecule has 0 fully saturated rings. The Bertz CT molecular complexity index is 1490. The predicted molar refractivity (Wildman–Crippen MR) is 134 cm³/mol. The third-order valence-corrected chi connectivity index (χ3v) is 7.95. The first-order chi connectivity index (χ1) is 17.5. The summed E-state index contributed by atoms with van der Waals surface area (Å²) < 4.78 is 5.53. The number of aryl methyl sites for hydroxylation is 1. The first-order valence-electron chi connectivity index (χ1n) is 11.6. The van der Waals surface area contributed by atoms with E-state index in [0.29, 0.717) is 33.9 Å². The van der Waals surface area contributed by atoms with Gasteiger partial charge in [-0.15, -0.1) is 4.91 Å². The number of Topliss-reactive ketones (excluding diaryl/α,β-unsaturated/α-hetero) is 2. The van der Waals surface area contributed by atoms with Crippen LogP contribution in [0.3, 0.4) is 0 Å². The largest absolute Gasteiger partial charge is 0.511 e. The number of carbonyl (C=O) groups excluding carboxylic acids is 3. The number of allylic oxidation sites excluding steroid dienone is 2. The van der Waals surface area contributed by atoms with Gasteiger partial charge in [-0.2, -0.15) is 0 Å². The number of primary amides is 1. The average Bonchev–Trinajstić information content (AvgIpc) is 2.84. The van der Waals surface area contributed by atoms with Crippen LogP contribution in [0.4, 0.5) is 0 Å². The summed E-state index contributed by atoms with van der Waals surface area (Å²) in [7, 11) is 1.53. The van der Waals surface area contributed by atoms with Crippen LogP contribution in [0.2, 0.25) is 5.02 Å². The smallest absolute Gasteiger partial charge is 0.255 e. The van der Waals surface area contributed by atoms with Crippen molar-refractivity contribution in [1.29, 1.82) is 0 Å². The van der Waals surface area contributed by atoms with Gasteiger partial charge < -0.3 is 20.7 Å². The highest BCUT2D eigenvalue weighted by Gasteiger charge is 2.60. The highest BCUT2D eigenvalue weighted by Crippen LogP contribution is 2.53. The quantitative estimate of drug-likeness (QED) is 0.408. The second kappa shape index (κ2) is 8.64. The lowest BCUT2D eigenvalue weighted by molar-refractivity contribution is -0.140. The molecule has 0 heterocycles. The lowest BCUT2D eigenvalue weighted by atomic mass is 9.59. The van der Waals surface area contributed by atoms with Crippen LogP contribution >= 0.6 is 11.6 Å². The number of rotatable bonds is 4. The summed E-state index contributed by atoms with van der Waals surface area (Å²) in [5.74, 6) is -4.52. The number of ether oxygens (including phenoxy) is 1. The Hall–Kier alpha value is -3.82. The molecule has 4 N–H and O–H groups in total. The van der Waals surface area contributed by atoms with Crippen molar-refractivity contribution in [3.05, 3.63) is 79.6 Å². The Labute approximate surface area is 216 Å². The van der Waals surface area contributed by atoms with Crippen molar-refractivity contribution in [2.24, 2.45) is 22.7 Å². The first kappa shape index (κ1) is 24.9. The van der Waals surface area contributed by atoms with E-state index in [9.17, 15) is 29.5 Å². The number of carbonyl (C=O) groups is 3. The number of aliphatic hydroxyl groups is 2. The molecule has 3 atom stereocenters. The molecule has 37 heavy (non-hydrogen) atoms. The van der Waals surface area contributed by atoms with E-state index in [1.54, 1.807) is 31.2 Å². The molecule has 10 heteroatoms. The van der Waals surface area contributed by atoms with Crippen LogP contribution in [0.5, 0.6) is 5.75 Å². The van der Waals surface area contributed by atoms with E-state index in [-0.39, 0.29) is 18.4 Å². The molecule has 3 aliphatic rings. The first-order valence-corrected chi connectivity index (χ1v) is 12.0. The molecule has 2 aromatic rings. The Kier molecular flexibility index (Phi) is 5.80. The number of hydrogen-bond donors (Lipinski definition) is 3. The van der Waals surface area contributed by atoms with Crippen molar-refractivity contribution in [2.75, 3.05) is 7.11 Å². The molecule has 1 amide bonds. The fourth-order valence-electron chi connectivity index (χ4n) is 6.07. The fraction of sp³-hybridized carbons (Fsp3) is 0.296. The van der Waals surface area contributed by atoms with Crippen molar-refractivity contribution in [3.63, 3.8) is 0 Å². The van der Waals surface area contributed by atoms with Gasteiger partial charge in [0.25, 0.3) is 5.91 Å². The lowest BCUT2D eigenvalue weighted by Crippen LogP contribution is -2.56. The number of benzene rings is 2. The zero-order valence-corrected chi connectivity index (χ0v) is 20.8. The molecule has 0 aromatic heterocycles. The second-order valence-corrected chi connectivity index (χ2v) is 10.1. The van der Waals surface area contributed by atoms with E-state index >= 15 is 0 Å². The molecule has 0 unspecified atom stereocenters. The molecule has 0 radical (unpaired) electrons. The minimum absolute atomic E-state index is 0.0573. The van der Waals surface area contributed by atoms with E-state index in [0.717, 1.165) is 11.1 Å². The molecular weight excluding hydrogens is 500 g/mol. The van der Waals surface area contributed by atoms with Crippen molar-refractivity contribution in [3.8, 4) is 16.9 Å². The van der Waals surface area contributed by atoms with Crippen molar-refractivity contribution in [2.45, 2.75) is 31.8 Å². The molecule has 5 rings (SSSR count). The van der Waals surface area contributed by atoms with Crippen LogP contribution in [-0.4, -0.2) is 40.4 Å². The SMILES string of the molecule is COc1ccc(Cl)cc1-c1ccc(C)c2c1C[C@H]1C[C@H]3CC(O)=C(C(N)=O)C(=O)[C@@]3(O)C(N=O)=C1C2=O. The number of aliphatic hydroxyl groups excluding tert-OH is 1. The van der Waals surface area contributed by atoms with E-state index < -0.39 is 51.9 Å². The van der Waals surface area contributed by atoms with Gasteiger partial charge in [0.05, 0.1) is 7.11 Å². The number of nitroso groups, excluding NO2 is 1. The summed E-state index contributed by atoms with van der Waals surface area (Å²) >= 11 is 6.27. The molecule has 0 saturated heterocycles. The van der Waals surface area contributed by atoms with Gasteiger partial charge >= 0.3 is 0 Å². The summed E-state index contributed by atoms with van der Waals surface area (Å²) in [6, 6.07) is 8.81. The number of halogens is 1. The van der Waals surface area contributed by atoms with Gasteiger partial charge in [-0.1, -0.05) is 23.7 Å². The topological polar surface area (TPSA) is 156 Å². The molecule has 0 bridgehead atoms. The number of amides is 1. The van der Waals surface area contributed by atoms with E-state index in [1.165, 1.54) is 7.11 Å². The molecule has 0 spiro atoms. The highest BCUT2D eigenvalue weighted by atomic mass is 35.5. The maximum absolute atomic E-state index is 14.0. The Morgan fingerprint density at radius 1 is 1.19 bits per heavy atom. The van der Waals surface area contributed by atoms with Gasteiger partial charge in [-0.25, -0.2) is 0 Å². The van der Waals surface area contributed by atoms with Crippen LogP contribution in [0.1, 0.15) is 34.3 Å². The molecule has 9 nitrogen and oxygen atoms in total. The van der Waals surface area contributed by atoms with Gasteiger partial charge in [0.15, 0.2) is 11.4 Å². The van der Waals surface area contributed by atoms with Gasteiger partial charge in [0, 0.05) is 34.1 Å². The van der Waals surface area contributed by atoms with Crippen LogP contribution in [0, 0.1) is 23.7 Å². The van der Waals surface area contributed by atoms with E-state index in [2.05, 4.69) is 5.18 Å². The summed E-state index contributed by atoms with van der Waals surface area (Å²) in [6.07, 6.45) is 0.126. The Morgan fingerprint density at radius 2 is 1.92 bits per heavy atom.